The van der Waals surface area contributed by atoms with Crippen LogP contribution in [0.3, 0.4) is 0 Å². The topological polar surface area (TPSA) is 87.2 Å². The highest BCUT2D eigenvalue weighted by atomic mass is 16.6. The second-order valence-corrected chi connectivity index (χ2v) is 8.90. The van der Waals surface area contributed by atoms with Crippen LogP contribution < -0.4 is 0 Å². The van der Waals surface area contributed by atoms with Crippen molar-refractivity contribution in [2.75, 3.05) is 13.1 Å². The molecule has 3 rings (SSSR count). The summed E-state index contributed by atoms with van der Waals surface area (Å²) in [4.78, 5) is 40.9. The molecule has 1 spiro atoms. The number of piperidine rings is 1. The van der Waals surface area contributed by atoms with E-state index in [2.05, 4.69) is 0 Å². The predicted octanol–water partition coefficient (Wildman–Crippen LogP) is 2.63. The molecule has 0 aromatic heterocycles. The molecule has 2 amide bonds. The van der Waals surface area contributed by atoms with Crippen molar-refractivity contribution in [3.63, 3.8) is 0 Å². The molecule has 0 aromatic carbocycles. The number of likely N-dealkylation sites (tertiary alicyclic amines) is 2. The molecule has 7 nitrogen and oxygen atoms in total. The van der Waals surface area contributed by atoms with Crippen LogP contribution in [0.4, 0.5) is 4.79 Å². The fraction of sp³-hybridized carbons (Fsp3) is 0.842. The van der Waals surface area contributed by atoms with Crippen molar-refractivity contribution in [3.05, 3.63) is 0 Å². The van der Waals surface area contributed by atoms with E-state index in [1.54, 1.807) is 25.7 Å². The van der Waals surface area contributed by atoms with Crippen LogP contribution in [0.2, 0.25) is 0 Å². The van der Waals surface area contributed by atoms with E-state index in [0.29, 0.717) is 38.3 Å². The molecule has 0 aromatic rings. The summed E-state index contributed by atoms with van der Waals surface area (Å²) in [5.74, 6) is -0.744. The number of carboxylic acids is 1. The zero-order valence-electron chi connectivity index (χ0n) is 16.0. The average molecular weight is 366 g/mol. The van der Waals surface area contributed by atoms with E-state index in [-0.39, 0.29) is 5.91 Å². The van der Waals surface area contributed by atoms with Gasteiger partial charge in [0.15, 0.2) is 0 Å². The summed E-state index contributed by atoms with van der Waals surface area (Å²) in [5.41, 5.74) is -1.57. The fourth-order valence-electron chi connectivity index (χ4n) is 4.21. The molecule has 3 fully saturated rings. The number of hydrogen-bond donors (Lipinski definition) is 1. The number of carbonyl (C=O) groups excluding carboxylic acids is 2. The maximum Gasteiger partial charge on any atom is 0.411 e. The lowest BCUT2D eigenvalue weighted by Gasteiger charge is -2.43. The number of aliphatic carboxylic acids is 1. The van der Waals surface area contributed by atoms with Crippen LogP contribution in [0, 0.1) is 5.92 Å². The third-order valence-corrected chi connectivity index (χ3v) is 5.69. The van der Waals surface area contributed by atoms with Gasteiger partial charge in [0.1, 0.15) is 17.2 Å². The van der Waals surface area contributed by atoms with Crippen molar-refractivity contribution in [2.45, 2.75) is 82.9 Å². The molecule has 2 saturated heterocycles. The molecule has 0 radical (unpaired) electrons. The molecular formula is C19H30N2O5. The first-order valence-electron chi connectivity index (χ1n) is 9.68. The SMILES string of the molecule is CC(C)(C)OC(=O)N1CCCCC12CCN(C(CC1CC1)C(=O)O)C2=O. The van der Waals surface area contributed by atoms with E-state index in [1.165, 1.54) is 4.90 Å². The Balaban J connectivity index is 1.81. The van der Waals surface area contributed by atoms with E-state index in [1.807, 2.05) is 0 Å². The number of carbonyl (C=O) groups is 3. The summed E-state index contributed by atoms with van der Waals surface area (Å²) < 4.78 is 5.53. The Morgan fingerprint density at radius 3 is 2.50 bits per heavy atom. The third-order valence-electron chi connectivity index (χ3n) is 5.69. The molecular weight excluding hydrogens is 336 g/mol. The van der Waals surface area contributed by atoms with Crippen LogP contribution in [0.5, 0.6) is 0 Å². The van der Waals surface area contributed by atoms with Crippen LogP contribution in [-0.2, 0) is 14.3 Å². The minimum absolute atomic E-state index is 0.212. The Morgan fingerprint density at radius 1 is 1.23 bits per heavy atom. The summed E-state index contributed by atoms with van der Waals surface area (Å²) in [6.45, 7) is 6.29. The van der Waals surface area contributed by atoms with Gasteiger partial charge in [-0.2, -0.15) is 0 Å². The first kappa shape index (κ1) is 19.0. The van der Waals surface area contributed by atoms with Crippen molar-refractivity contribution in [2.24, 2.45) is 5.92 Å². The summed E-state index contributed by atoms with van der Waals surface area (Å²) in [7, 11) is 0. The van der Waals surface area contributed by atoms with Crippen LogP contribution in [0.1, 0.15) is 65.7 Å². The van der Waals surface area contributed by atoms with E-state index in [0.717, 1.165) is 25.7 Å². The molecule has 3 aliphatic rings. The first-order valence-corrected chi connectivity index (χ1v) is 9.68. The zero-order chi connectivity index (χ0) is 19.1. The molecule has 1 aliphatic carbocycles. The van der Waals surface area contributed by atoms with E-state index >= 15 is 0 Å². The average Bonchev–Trinajstić information content (AvgIpc) is 3.31. The lowest BCUT2D eigenvalue weighted by Crippen LogP contribution is -2.60. The van der Waals surface area contributed by atoms with Gasteiger partial charge in [-0.1, -0.05) is 12.8 Å². The molecule has 7 heteroatoms. The molecule has 0 bridgehead atoms. The smallest absolute Gasteiger partial charge is 0.411 e. The normalized spacial score (nSPS) is 27.7. The van der Waals surface area contributed by atoms with Gasteiger partial charge >= 0.3 is 12.1 Å². The second-order valence-electron chi connectivity index (χ2n) is 8.90. The van der Waals surface area contributed by atoms with Crippen LogP contribution in [0.25, 0.3) is 0 Å². The minimum Gasteiger partial charge on any atom is -0.480 e. The summed E-state index contributed by atoms with van der Waals surface area (Å²) in [5, 5.41) is 9.64. The number of amides is 2. The molecule has 2 aliphatic heterocycles. The molecule has 2 heterocycles. The molecule has 1 saturated carbocycles. The molecule has 1 N–H and O–H groups in total. The zero-order valence-corrected chi connectivity index (χ0v) is 16.0. The van der Waals surface area contributed by atoms with Gasteiger partial charge in [-0.3, -0.25) is 9.69 Å². The van der Waals surface area contributed by atoms with Gasteiger partial charge < -0.3 is 14.7 Å². The Labute approximate surface area is 154 Å². The largest absolute Gasteiger partial charge is 0.480 e. The molecule has 146 valence electrons. The number of carboxylic acid groups (broad SMARTS) is 1. The lowest BCUT2D eigenvalue weighted by atomic mass is 9.85. The Kier molecular flexibility index (Phi) is 4.92. The van der Waals surface area contributed by atoms with Gasteiger partial charge in [0.2, 0.25) is 5.91 Å². The van der Waals surface area contributed by atoms with Gasteiger partial charge in [0.05, 0.1) is 0 Å². The lowest BCUT2D eigenvalue weighted by molar-refractivity contribution is -0.152. The number of ether oxygens (including phenoxy) is 1. The van der Waals surface area contributed by atoms with E-state index in [4.69, 9.17) is 4.74 Å². The van der Waals surface area contributed by atoms with Gasteiger partial charge in [0, 0.05) is 13.1 Å². The Bertz CT molecular complexity index is 595. The highest BCUT2D eigenvalue weighted by Crippen LogP contribution is 2.41. The predicted molar refractivity (Wildman–Crippen MR) is 94.6 cm³/mol. The monoisotopic (exact) mass is 366 g/mol. The fourth-order valence-corrected chi connectivity index (χ4v) is 4.21. The van der Waals surface area contributed by atoms with Crippen molar-refractivity contribution >= 4 is 18.0 Å². The number of rotatable bonds is 4. The van der Waals surface area contributed by atoms with Crippen LogP contribution >= 0.6 is 0 Å². The highest BCUT2D eigenvalue weighted by molar-refractivity contribution is 5.94. The number of hydrogen-bond acceptors (Lipinski definition) is 4. The highest BCUT2D eigenvalue weighted by Gasteiger charge is 2.56. The van der Waals surface area contributed by atoms with Crippen LogP contribution in [-0.4, -0.2) is 63.1 Å². The van der Waals surface area contributed by atoms with Gasteiger partial charge in [-0.05, 0) is 58.8 Å². The summed E-state index contributed by atoms with van der Waals surface area (Å²) in [6.07, 6.45) is 4.89. The Morgan fingerprint density at radius 2 is 1.92 bits per heavy atom. The standard InChI is InChI=1S/C19H30N2O5/c1-18(2,3)26-17(25)21-10-5-4-8-19(21)9-11-20(16(19)24)14(15(22)23)12-13-6-7-13/h13-14H,4-12H2,1-3H3,(H,22,23). The van der Waals surface area contributed by atoms with E-state index < -0.39 is 29.2 Å². The minimum atomic E-state index is -0.943. The first-order chi connectivity index (χ1) is 12.1. The van der Waals surface area contributed by atoms with E-state index in [9.17, 15) is 19.5 Å². The Hall–Kier alpha value is -1.79. The van der Waals surface area contributed by atoms with Gasteiger partial charge in [-0.15, -0.1) is 0 Å². The maximum atomic E-state index is 13.3. The van der Waals surface area contributed by atoms with Crippen LogP contribution in [0.15, 0.2) is 0 Å². The van der Waals surface area contributed by atoms with Crippen molar-refractivity contribution in [3.8, 4) is 0 Å². The maximum absolute atomic E-state index is 13.3. The van der Waals surface area contributed by atoms with Crippen molar-refractivity contribution < 1.29 is 24.2 Å². The molecule has 2 atom stereocenters. The van der Waals surface area contributed by atoms with Crippen molar-refractivity contribution in [1.82, 2.24) is 9.80 Å². The molecule has 26 heavy (non-hydrogen) atoms. The second kappa shape index (κ2) is 6.74. The number of nitrogens with zero attached hydrogens (tertiary/aromatic N) is 2. The van der Waals surface area contributed by atoms with Gasteiger partial charge in [0.25, 0.3) is 0 Å². The molecule has 2 unspecified atom stereocenters. The quantitative estimate of drug-likeness (QED) is 0.826. The third kappa shape index (κ3) is 3.67. The summed E-state index contributed by atoms with van der Waals surface area (Å²) in [6, 6.07) is -0.781. The van der Waals surface area contributed by atoms with Gasteiger partial charge in [-0.25, -0.2) is 9.59 Å². The summed E-state index contributed by atoms with van der Waals surface area (Å²) >= 11 is 0. The van der Waals surface area contributed by atoms with Crippen molar-refractivity contribution in [1.29, 1.82) is 0 Å².